The van der Waals surface area contributed by atoms with Gasteiger partial charge in [0.15, 0.2) is 0 Å². The average molecular weight is 276 g/mol. The molecule has 0 atom stereocenters. The first kappa shape index (κ1) is 14.9. The number of nitrogen functional groups attached to an aromatic ring is 1. The van der Waals surface area contributed by atoms with E-state index in [1.54, 1.807) is 0 Å². The summed E-state index contributed by atoms with van der Waals surface area (Å²) in [6.07, 6.45) is 1.88. The zero-order valence-electron chi connectivity index (χ0n) is 12.6. The molecule has 4 heteroatoms. The number of ether oxygens (including phenoxy) is 1. The van der Waals surface area contributed by atoms with Crippen molar-refractivity contribution in [2.24, 2.45) is 0 Å². The van der Waals surface area contributed by atoms with E-state index < -0.39 is 5.41 Å². The van der Waals surface area contributed by atoms with E-state index in [2.05, 4.69) is 11.9 Å². The highest BCUT2D eigenvalue weighted by Crippen LogP contribution is 2.27. The summed E-state index contributed by atoms with van der Waals surface area (Å²) in [5.74, 6) is -0.156. The van der Waals surface area contributed by atoms with Gasteiger partial charge in [-0.15, -0.1) is 0 Å². The van der Waals surface area contributed by atoms with Gasteiger partial charge in [-0.3, -0.25) is 4.79 Å². The SMILES string of the molecule is CN1CCC(OC(=O)C(C)(C)c2ccc(N)cc2)CC1. The molecule has 1 heterocycles. The number of nitrogens with two attached hydrogens (primary N) is 1. The van der Waals surface area contributed by atoms with E-state index >= 15 is 0 Å². The number of piperidine rings is 1. The maximum Gasteiger partial charge on any atom is 0.316 e. The molecule has 1 saturated heterocycles. The van der Waals surface area contributed by atoms with Crippen molar-refractivity contribution in [3.05, 3.63) is 29.8 Å². The first-order valence-corrected chi connectivity index (χ1v) is 7.15. The first-order chi connectivity index (χ1) is 9.39. The monoisotopic (exact) mass is 276 g/mol. The van der Waals surface area contributed by atoms with Gasteiger partial charge in [-0.2, -0.15) is 0 Å². The quantitative estimate of drug-likeness (QED) is 0.679. The lowest BCUT2D eigenvalue weighted by Gasteiger charge is -2.31. The second-order valence-electron chi connectivity index (χ2n) is 6.15. The van der Waals surface area contributed by atoms with Gasteiger partial charge in [-0.1, -0.05) is 12.1 Å². The van der Waals surface area contributed by atoms with Crippen LogP contribution < -0.4 is 5.73 Å². The number of anilines is 1. The van der Waals surface area contributed by atoms with Gasteiger partial charge in [0.1, 0.15) is 6.10 Å². The van der Waals surface area contributed by atoms with E-state index in [0.717, 1.165) is 31.5 Å². The molecule has 0 aliphatic carbocycles. The molecule has 0 amide bonds. The highest BCUT2D eigenvalue weighted by atomic mass is 16.5. The summed E-state index contributed by atoms with van der Waals surface area (Å²) in [5.41, 5.74) is 6.68. The molecule has 0 aromatic heterocycles. The minimum Gasteiger partial charge on any atom is -0.462 e. The number of hydrogen-bond acceptors (Lipinski definition) is 4. The third-order valence-electron chi connectivity index (χ3n) is 4.08. The van der Waals surface area contributed by atoms with Crippen molar-refractivity contribution < 1.29 is 9.53 Å². The fourth-order valence-electron chi connectivity index (χ4n) is 2.42. The van der Waals surface area contributed by atoms with Crippen LogP contribution in [0.1, 0.15) is 32.3 Å². The molecule has 0 radical (unpaired) electrons. The van der Waals surface area contributed by atoms with Gasteiger partial charge in [0, 0.05) is 18.8 Å². The Hall–Kier alpha value is -1.55. The number of esters is 1. The number of nitrogens with zero attached hydrogens (tertiary/aromatic N) is 1. The van der Waals surface area contributed by atoms with Crippen LogP contribution in [0.3, 0.4) is 0 Å². The first-order valence-electron chi connectivity index (χ1n) is 7.15. The summed E-state index contributed by atoms with van der Waals surface area (Å²) in [6, 6.07) is 7.43. The highest BCUT2D eigenvalue weighted by Gasteiger charge is 2.33. The fraction of sp³-hybridized carbons (Fsp3) is 0.562. The van der Waals surface area contributed by atoms with Crippen molar-refractivity contribution in [3.63, 3.8) is 0 Å². The van der Waals surface area contributed by atoms with Crippen molar-refractivity contribution >= 4 is 11.7 Å². The lowest BCUT2D eigenvalue weighted by atomic mass is 9.84. The topological polar surface area (TPSA) is 55.6 Å². The van der Waals surface area contributed by atoms with Crippen molar-refractivity contribution in [1.82, 2.24) is 4.90 Å². The van der Waals surface area contributed by atoms with Crippen molar-refractivity contribution in [3.8, 4) is 0 Å². The van der Waals surface area contributed by atoms with Gasteiger partial charge in [0.2, 0.25) is 0 Å². The Balaban J connectivity index is 2.01. The molecule has 1 aliphatic rings. The summed E-state index contributed by atoms with van der Waals surface area (Å²) in [7, 11) is 2.09. The summed E-state index contributed by atoms with van der Waals surface area (Å²) >= 11 is 0. The second-order valence-corrected chi connectivity index (χ2v) is 6.15. The molecule has 2 N–H and O–H groups in total. The normalized spacial score (nSPS) is 17.9. The molecule has 1 fully saturated rings. The van der Waals surface area contributed by atoms with Crippen LogP contribution in [0, 0.1) is 0 Å². The molecule has 1 aromatic rings. The van der Waals surface area contributed by atoms with Gasteiger partial charge < -0.3 is 15.4 Å². The molecule has 4 nitrogen and oxygen atoms in total. The van der Waals surface area contributed by atoms with Crippen LogP contribution >= 0.6 is 0 Å². The van der Waals surface area contributed by atoms with E-state index in [1.807, 2.05) is 38.1 Å². The van der Waals surface area contributed by atoms with Gasteiger partial charge in [-0.05, 0) is 51.4 Å². The summed E-state index contributed by atoms with van der Waals surface area (Å²) in [4.78, 5) is 14.7. The lowest BCUT2D eigenvalue weighted by molar-refractivity contribution is -0.157. The van der Waals surface area contributed by atoms with E-state index in [0.29, 0.717) is 5.69 Å². The van der Waals surface area contributed by atoms with Crippen LogP contribution in [0.25, 0.3) is 0 Å². The molecule has 0 spiro atoms. The number of rotatable bonds is 3. The minimum absolute atomic E-state index is 0.0479. The second kappa shape index (κ2) is 5.83. The van der Waals surface area contributed by atoms with Crippen LogP contribution in [-0.4, -0.2) is 37.1 Å². The van der Waals surface area contributed by atoms with Crippen LogP contribution in [0.2, 0.25) is 0 Å². The Morgan fingerprint density at radius 3 is 2.35 bits per heavy atom. The number of carbonyl (C=O) groups excluding carboxylic acids is 1. The Kier molecular flexibility index (Phi) is 4.33. The molecule has 2 rings (SSSR count). The predicted molar refractivity (Wildman–Crippen MR) is 80.5 cm³/mol. The van der Waals surface area contributed by atoms with Crippen LogP contribution in [-0.2, 0) is 14.9 Å². The van der Waals surface area contributed by atoms with E-state index in [1.165, 1.54) is 0 Å². The highest BCUT2D eigenvalue weighted by molar-refractivity contribution is 5.82. The molecular formula is C16H24N2O2. The van der Waals surface area contributed by atoms with Gasteiger partial charge in [-0.25, -0.2) is 0 Å². The molecule has 1 aromatic carbocycles. The Labute approximate surface area is 120 Å². The molecule has 0 unspecified atom stereocenters. The van der Waals surface area contributed by atoms with Gasteiger partial charge in [0.05, 0.1) is 5.41 Å². The number of hydrogen-bond donors (Lipinski definition) is 1. The van der Waals surface area contributed by atoms with Crippen molar-refractivity contribution in [2.45, 2.75) is 38.2 Å². The number of benzene rings is 1. The van der Waals surface area contributed by atoms with Crippen molar-refractivity contribution in [1.29, 1.82) is 0 Å². The fourth-order valence-corrected chi connectivity index (χ4v) is 2.42. The van der Waals surface area contributed by atoms with E-state index in [9.17, 15) is 4.79 Å². The Bertz CT molecular complexity index is 460. The summed E-state index contributed by atoms with van der Waals surface area (Å²) in [5, 5.41) is 0. The Morgan fingerprint density at radius 2 is 1.80 bits per heavy atom. The largest absolute Gasteiger partial charge is 0.462 e. The maximum atomic E-state index is 12.4. The van der Waals surface area contributed by atoms with E-state index in [-0.39, 0.29) is 12.1 Å². The Morgan fingerprint density at radius 1 is 1.25 bits per heavy atom. The molecule has 0 bridgehead atoms. The molecule has 110 valence electrons. The standard InChI is InChI=1S/C16H24N2O2/c1-16(2,12-4-6-13(17)7-5-12)15(19)20-14-8-10-18(3)11-9-14/h4-7,14H,8-11,17H2,1-3H3. The van der Waals surface area contributed by atoms with Gasteiger partial charge >= 0.3 is 5.97 Å². The van der Waals surface area contributed by atoms with Crippen molar-refractivity contribution in [2.75, 3.05) is 25.9 Å². The maximum absolute atomic E-state index is 12.4. The zero-order valence-corrected chi connectivity index (χ0v) is 12.6. The molecule has 0 saturated carbocycles. The molecule has 20 heavy (non-hydrogen) atoms. The van der Waals surface area contributed by atoms with Crippen LogP contribution in [0.5, 0.6) is 0 Å². The van der Waals surface area contributed by atoms with Gasteiger partial charge in [0.25, 0.3) is 0 Å². The number of likely N-dealkylation sites (tertiary alicyclic amines) is 1. The molecular weight excluding hydrogens is 252 g/mol. The predicted octanol–water partition coefficient (Wildman–Crippen LogP) is 2.18. The number of carbonyl (C=O) groups is 1. The third kappa shape index (κ3) is 3.31. The summed E-state index contributed by atoms with van der Waals surface area (Å²) < 4.78 is 5.69. The third-order valence-corrected chi connectivity index (χ3v) is 4.08. The molecule has 1 aliphatic heterocycles. The minimum atomic E-state index is -0.642. The lowest BCUT2D eigenvalue weighted by Crippen LogP contribution is -2.39. The smallest absolute Gasteiger partial charge is 0.316 e. The van der Waals surface area contributed by atoms with E-state index in [4.69, 9.17) is 10.5 Å². The van der Waals surface area contributed by atoms with Crippen LogP contribution in [0.15, 0.2) is 24.3 Å². The summed E-state index contributed by atoms with van der Waals surface area (Å²) in [6.45, 7) is 5.77. The zero-order chi connectivity index (χ0) is 14.8. The average Bonchev–Trinajstić information content (AvgIpc) is 2.42. The van der Waals surface area contributed by atoms with Crippen LogP contribution in [0.4, 0.5) is 5.69 Å².